The van der Waals surface area contributed by atoms with Gasteiger partial charge in [0.1, 0.15) is 7.40 Å². The minimum Gasteiger partial charge on any atom is -0.505 e. The zero-order valence-corrected chi connectivity index (χ0v) is 9.95. The molecule has 11 heavy (non-hydrogen) atoms. The van der Waals surface area contributed by atoms with Crippen LogP contribution < -0.4 is 4.74 Å². The van der Waals surface area contributed by atoms with Crippen molar-refractivity contribution in [2.45, 2.75) is 0 Å². The van der Waals surface area contributed by atoms with Crippen LogP contribution in [0.2, 0.25) is 0 Å². The van der Waals surface area contributed by atoms with E-state index in [-0.39, 0.29) is 5.75 Å². The van der Waals surface area contributed by atoms with Crippen molar-refractivity contribution in [1.29, 1.82) is 0 Å². The molecule has 1 aromatic heterocycles. The minimum atomic E-state index is 0.155. The lowest BCUT2D eigenvalue weighted by atomic mass is 10.4. The lowest BCUT2D eigenvalue weighted by Crippen LogP contribution is -1.92. The number of ether oxygens (including phenoxy) is 1. The molecule has 0 saturated carbocycles. The maximum atomic E-state index is 9.20. The molecule has 0 aliphatic rings. The molecule has 1 aromatic rings. The average molecular weight is 377 g/mol. The quantitative estimate of drug-likeness (QED) is 0.602. The zero-order chi connectivity index (χ0) is 8.43. The molecule has 0 fully saturated rings. The van der Waals surface area contributed by atoms with Crippen molar-refractivity contribution >= 4 is 45.2 Å². The Hall–Kier alpha value is 0.210. The molecular formula is C6H5I2NO2. The monoisotopic (exact) mass is 377 g/mol. The van der Waals surface area contributed by atoms with Gasteiger partial charge in [0.25, 0.3) is 0 Å². The van der Waals surface area contributed by atoms with Crippen LogP contribution >= 0.6 is 45.2 Å². The van der Waals surface area contributed by atoms with E-state index in [2.05, 4.69) is 27.6 Å². The molecule has 0 unspecified atom stereocenters. The van der Waals surface area contributed by atoms with Crippen molar-refractivity contribution in [2.24, 2.45) is 0 Å². The first kappa shape index (κ1) is 9.30. The maximum Gasteiger partial charge on any atom is 0.154 e. The summed E-state index contributed by atoms with van der Waals surface area (Å²) in [4.78, 5) is 4.04. The van der Waals surface area contributed by atoms with Gasteiger partial charge in [0.15, 0.2) is 11.5 Å². The van der Waals surface area contributed by atoms with Gasteiger partial charge in [0, 0.05) is 6.07 Å². The summed E-state index contributed by atoms with van der Waals surface area (Å²) in [5.41, 5.74) is 0. The minimum absolute atomic E-state index is 0.155. The van der Waals surface area contributed by atoms with Gasteiger partial charge in [0.05, 0.1) is 7.11 Å². The first-order chi connectivity index (χ1) is 5.15. The Bertz CT molecular complexity index is 278. The van der Waals surface area contributed by atoms with Gasteiger partial charge in [-0.25, -0.2) is 4.98 Å². The van der Waals surface area contributed by atoms with Gasteiger partial charge in [-0.1, -0.05) is 0 Å². The number of pyridine rings is 1. The van der Waals surface area contributed by atoms with E-state index in [1.54, 1.807) is 13.2 Å². The molecule has 0 spiro atoms. The summed E-state index contributed by atoms with van der Waals surface area (Å²) in [6.07, 6.45) is 0. The van der Waals surface area contributed by atoms with Crippen LogP contribution in [0, 0.1) is 7.40 Å². The van der Waals surface area contributed by atoms with E-state index in [0.29, 0.717) is 9.45 Å². The summed E-state index contributed by atoms with van der Waals surface area (Å²) in [6, 6.07) is 1.55. The molecule has 0 aliphatic heterocycles. The van der Waals surface area contributed by atoms with E-state index in [1.165, 1.54) is 0 Å². The number of methoxy groups -OCH3 is 1. The van der Waals surface area contributed by atoms with Gasteiger partial charge in [-0.3, -0.25) is 0 Å². The number of aromatic nitrogens is 1. The predicted octanol–water partition coefficient (Wildman–Crippen LogP) is 2.01. The third kappa shape index (κ3) is 2.08. The second kappa shape index (κ2) is 3.74. The average Bonchev–Trinajstić information content (AvgIpc) is 1.97. The molecule has 1 rings (SSSR count). The van der Waals surface area contributed by atoms with Crippen LogP contribution in [0.4, 0.5) is 0 Å². The van der Waals surface area contributed by atoms with E-state index in [4.69, 9.17) is 4.74 Å². The highest BCUT2D eigenvalue weighted by molar-refractivity contribution is 14.1. The largest absolute Gasteiger partial charge is 0.505 e. The lowest BCUT2D eigenvalue weighted by molar-refractivity contribution is 0.400. The smallest absolute Gasteiger partial charge is 0.154 e. The molecule has 1 N–H and O–H groups in total. The van der Waals surface area contributed by atoms with Gasteiger partial charge in [-0.15, -0.1) is 0 Å². The Morgan fingerprint density at radius 2 is 2.09 bits per heavy atom. The third-order valence-corrected chi connectivity index (χ3v) is 2.67. The van der Waals surface area contributed by atoms with Crippen LogP contribution in [0.15, 0.2) is 6.07 Å². The molecule has 0 atom stereocenters. The standard InChI is InChI=1S/C6H5I2NO2/c1-11-4-2-3(10)5(7)9-6(4)8/h2,10H,1H3. The molecule has 0 radical (unpaired) electrons. The molecule has 3 nitrogen and oxygen atoms in total. The van der Waals surface area contributed by atoms with Gasteiger partial charge in [-0.2, -0.15) is 0 Å². The summed E-state index contributed by atoms with van der Waals surface area (Å²) in [7, 11) is 1.55. The molecule has 0 saturated heterocycles. The third-order valence-electron chi connectivity index (χ3n) is 1.10. The Morgan fingerprint density at radius 3 is 2.64 bits per heavy atom. The summed E-state index contributed by atoms with van der Waals surface area (Å²) >= 11 is 4.01. The molecular weight excluding hydrogens is 372 g/mol. The van der Waals surface area contributed by atoms with Gasteiger partial charge >= 0.3 is 0 Å². The molecule has 0 amide bonds. The fraction of sp³-hybridized carbons (Fsp3) is 0.167. The number of hydrogen-bond acceptors (Lipinski definition) is 3. The highest BCUT2D eigenvalue weighted by Gasteiger charge is 2.06. The maximum absolute atomic E-state index is 9.20. The van der Waals surface area contributed by atoms with Crippen LogP contribution in [0.5, 0.6) is 11.5 Å². The van der Waals surface area contributed by atoms with Crippen molar-refractivity contribution in [3.63, 3.8) is 0 Å². The summed E-state index contributed by atoms with van der Waals surface area (Å²) in [5, 5.41) is 9.20. The lowest BCUT2D eigenvalue weighted by Gasteiger charge is -2.03. The van der Waals surface area contributed by atoms with Gasteiger partial charge < -0.3 is 9.84 Å². The Labute approximate surface area is 91.4 Å². The molecule has 0 aromatic carbocycles. The topological polar surface area (TPSA) is 42.4 Å². The summed E-state index contributed by atoms with van der Waals surface area (Å²) < 4.78 is 6.29. The fourth-order valence-corrected chi connectivity index (χ4v) is 2.06. The molecule has 0 aliphatic carbocycles. The number of halogens is 2. The highest BCUT2D eigenvalue weighted by Crippen LogP contribution is 2.26. The van der Waals surface area contributed by atoms with E-state index < -0.39 is 0 Å². The van der Waals surface area contributed by atoms with Crippen molar-refractivity contribution < 1.29 is 9.84 Å². The van der Waals surface area contributed by atoms with Crippen molar-refractivity contribution in [1.82, 2.24) is 4.98 Å². The van der Waals surface area contributed by atoms with Crippen LogP contribution in [0.3, 0.4) is 0 Å². The number of nitrogens with zero attached hydrogens (tertiary/aromatic N) is 1. The van der Waals surface area contributed by atoms with Crippen molar-refractivity contribution in [2.75, 3.05) is 7.11 Å². The number of hydrogen-bond donors (Lipinski definition) is 1. The van der Waals surface area contributed by atoms with E-state index in [0.717, 1.165) is 3.70 Å². The van der Waals surface area contributed by atoms with E-state index in [9.17, 15) is 5.11 Å². The van der Waals surface area contributed by atoms with Crippen molar-refractivity contribution in [3.05, 3.63) is 13.5 Å². The number of aromatic hydroxyl groups is 1. The molecule has 60 valence electrons. The van der Waals surface area contributed by atoms with E-state index >= 15 is 0 Å². The van der Waals surface area contributed by atoms with Crippen LogP contribution in [0.25, 0.3) is 0 Å². The van der Waals surface area contributed by atoms with E-state index in [1.807, 2.05) is 22.6 Å². The van der Waals surface area contributed by atoms with Gasteiger partial charge in [-0.05, 0) is 45.2 Å². The number of rotatable bonds is 1. The summed E-state index contributed by atoms with van der Waals surface area (Å²) in [5.74, 6) is 0.756. The van der Waals surface area contributed by atoms with Gasteiger partial charge in [0.2, 0.25) is 0 Å². The van der Waals surface area contributed by atoms with Crippen LogP contribution in [0.1, 0.15) is 0 Å². The fourth-order valence-electron chi connectivity index (χ4n) is 0.585. The molecule has 1 heterocycles. The second-order valence-corrected chi connectivity index (χ2v) is 3.83. The summed E-state index contributed by atoms with van der Waals surface area (Å²) in [6.45, 7) is 0. The van der Waals surface area contributed by atoms with Crippen LogP contribution in [-0.4, -0.2) is 17.2 Å². The molecule has 0 bridgehead atoms. The predicted molar refractivity (Wildman–Crippen MR) is 57.9 cm³/mol. The molecule has 5 heteroatoms. The second-order valence-electron chi connectivity index (χ2n) is 1.79. The Morgan fingerprint density at radius 1 is 1.45 bits per heavy atom. The first-order valence-electron chi connectivity index (χ1n) is 2.74. The van der Waals surface area contributed by atoms with Crippen LogP contribution in [-0.2, 0) is 0 Å². The van der Waals surface area contributed by atoms with Crippen molar-refractivity contribution in [3.8, 4) is 11.5 Å². The Kier molecular flexibility index (Phi) is 3.16. The zero-order valence-electron chi connectivity index (χ0n) is 5.64. The highest BCUT2D eigenvalue weighted by atomic mass is 127. The first-order valence-corrected chi connectivity index (χ1v) is 4.90. The Balaban J connectivity index is 3.21. The SMILES string of the molecule is COc1cc(O)c(I)nc1I. The normalized spacial score (nSPS) is 9.73.